The first kappa shape index (κ1) is 28.8. The number of alkyl halides is 3. The van der Waals surface area contributed by atoms with Crippen LogP contribution in [0.3, 0.4) is 0 Å². The fourth-order valence-electron chi connectivity index (χ4n) is 4.79. The number of benzene rings is 3. The number of nitrogens with zero attached hydrogens (tertiary/aromatic N) is 2. The molecule has 1 atom stereocenters. The highest BCUT2D eigenvalue weighted by atomic mass is 32.2. The second-order valence-electron chi connectivity index (χ2n) is 9.70. The molecule has 2 N–H and O–H groups in total. The molecule has 42 heavy (non-hydrogen) atoms. The molecule has 12 heteroatoms. The van der Waals surface area contributed by atoms with Crippen molar-refractivity contribution >= 4 is 27.6 Å². The molecular formula is C30H24F3N3O5S. The Morgan fingerprint density at radius 1 is 0.952 bits per heavy atom. The van der Waals surface area contributed by atoms with Crippen LogP contribution in [0, 0.1) is 0 Å². The summed E-state index contributed by atoms with van der Waals surface area (Å²) in [6, 6.07) is 19.1. The summed E-state index contributed by atoms with van der Waals surface area (Å²) in [5, 5.41) is 11.6. The number of sulfonamides is 1. The van der Waals surface area contributed by atoms with E-state index in [4.69, 9.17) is 5.11 Å². The van der Waals surface area contributed by atoms with Crippen LogP contribution in [-0.2, 0) is 45.2 Å². The first-order chi connectivity index (χ1) is 19.9. The molecule has 1 aliphatic heterocycles. The van der Waals surface area contributed by atoms with Gasteiger partial charge in [0.1, 0.15) is 6.04 Å². The third kappa shape index (κ3) is 5.98. The number of anilines is 1. The highest BCUT2D eigenvalue weighted by Gasteiger charge is 2.42. The highest BCUT2D eigenvalue weighted by Crippen LogP contribution is 2.38. The molecule has 0 saturated heterocycles. The van der Waals surface area contributed by atoms with Gasteiger partial charge in [0, 0.05) is 19.2 Å². The summed E-state index contributed by atoms with van der Waals surface area (Å²) in [6.07, 6.45) is -3.17. The number of fused-ring (bicyclic) bond motifs is 1. The number of halogens is 3. The van der Waals surface area contributed by atoms with Crippen LogP contribution in [0.15, 0.2) is 96.0 Å². The van der Waals surface area contributed by atoms with Gasteiger partial charge in [0.2, 0.25) is 5.91 Å². The summed E-state index contributed by atoms with van der Waals surface area (Å²) in [7, 11) is -4.25. The van der Waals surface area contributed by atoms with Crippen molar-refractivity contribution in [1.82, 2.24) is 10.3 Å². The molecule has 2 heterocycles. The lowest BCUT2D eigenvalue weighted by Crippen LogP contribution is -2.47. The molecule has 1 aromatic heterocycles. The van der Waals surface area contributed by atoms with E-state index in [1.807, 2.05) is 0 Å². The van der Waals surface area contributed by atoms with Gasteiger partial charge in [-0.1, -0.05) is 48.5 Å². The lowest BCUT2D eigenvalue weighted by atomic mass is 10.0. The molecule has 8 nitrogen and oxygen atoms in total. The van der Waals surface area contributed by atoms with Crippen LogP contribution in [-0.4, -0.2) is 36.4 Å². The Hall–Kier alpha value is -4.71. The topological polar surface area (TPSA) is 117 Å². The zero-order valence-corrected chi connectivity index (χ0v) is 22.7. The SMILES string of the molecule is O=C(O)Cc1ccc(CNC(=O)[C@@H]2Cc3ccccc3N2S(=O)(=O)c2ccc(-c3cccc(C(F)(F)F)c3)cc2)cn1. The van der Waals surface area contributed by atoms with Crippen LogP contribution in [0.2, 0.25) is 0 Å². The standard InChI is InChI=1S/C30H24F3N3O5S/c31-30(32,33)23-6-3-5-21(14-23)20-9-12-25(13-10-20)42(40,41)36-26-7-2-1-4-22(26)15-27(36)29(39)35-18-19-8-11-24(34-17-19)16-28(37)38/h1-14,17,27H,15-16,18H2,(H,35,39)(H,37,38)/t27-/m0/s1. The molecule has 0 saturated carbocycles. The van der Waals surface area contributed by atoms with Gasteiger partial charge in [-0.3, -0.25) is 18.9 Å². The van der Waals surface area contributed by atoms with E-state index in [0.29, 0.717) is 28.1 Å². The van der Waals surface area contributed by atoms with E-state index in [2.05, 4.69) is 10.3 Å². The predicted octanol–water partition coefficient (Wildman–Crippen LogP) is 4.83. The van der Waals surface area contributed by atoms with Crippen molar-refractivity contribution in [3.05, 3.63) is 114 Å². The Morgan fingerprint density at radius 2 is 1.69 bits per heavy atom. The van der Waals surface area contributed by atoms with Gasteiger partial charge >= 0.3 is 12.1 Å². The number of rotatable bonds is 8. The Balaban J connectivity index is 1.38. The van der Waals surface area contributed by atoms with Gasteiger partial charge in [-0.05, 0) is 58.7 Å². The van der Waals surface area contributed by atoms with Crippen molar-refractivity contribution < 1.29 is 36.3 Å². The van der Waals surface area contributed by atoms with E-state index in [1.54, 1.807) is 36.4 Å². The maximum atomic E-state index is 13.9. The van der Waals surface area contributed by atoms with Crippen LogP contribution in [0.1, 0.15) is 22.4 Å². The molecule has 0 aliphatic carbocycles. The summed E-state index contributed by atoms with van der Waals surface area (Å²) in [5.74, 6) is -1.55. The normalized spacial score (nSPS) is 14.8. The third-order valence-electron chi connectivity index (χ3n) is 6.85. The van der Waals surface area contributed by atoms with E-state index in [-0.39, 0.29) is 29.8 Å². The Kier molecular flexibility index (Phi) is 7.74. The van der Waals surface area contributed by atoms with Crippen molar-refractivity contribution in [2.24, 2.45) is 0 Å². The van der Waals surface area contributed by atoms with Crippen molar-refractivity contribution in [3.63, 3.8) is 0 Å². The fourth-order valence-corrected chi connectivity index (χ4v) is 6.44. The van der Waals surface area contributed by atoms with Crippen molar-refractivity contribution in [2.45, 2.75) is 36.5 Å². The van der Waals surface area contributed by atoms with Crippen LogP contribution in [0.25, 0.3) is 11.1 Å². The summed E-state index contributed by atoms with van der Waals surface area (Å²) >= 11 is 0. The number of aromatic nitrogens is 1. The number of aliphatic carboxylic acids is 1. The lowest BCUT2D eigenvalue weighted by molar-refractivity contribution is -0.138. The number of hydrogen-bond donors (Lipinski definition) is 2. The number of carboxylic acids is 1. The van der Waals surface area contributed by atoms with Gasteiger partial charge in [-0.25, -0.2) is 8.42 Å². The summed E-state index contributed by atoms with van der Waals surface area (Å²) in [6.45, 7) is 0.0472. The molecule has 0 unspecified atom stereocenters. The Labute approximate surface area is 239 Å². The number of para-hydroxylation sites is 1. The summed E-state index contributed by atoms with van der Waals surface area (Å²) in [4.78, 5) is 28.1. The van der Waals surface area contributed by atoms with Crippen LogP contribution in [0.5, 0.6) is 0 Å². The average Bonchev–Trinajstić information content (AvgIpc) is 3.37. The molecule has 3 aromatic carbocycles. The molecule has 1 amide bonds. The lowest BCUT2D eigenvalue weighted by Gasteiger charge is -2.26. The number of carbonyl (C=O) groups is 2. The number of pyridine rings is 1. The minimum absolute atomic E-state index is 0.0472. The monoisotopic (exact) mass is 595 g/mol. The van der Waals surface area contributed by atoms with Gasteiger partial charge in [0.25, 0.3) is 10.0 Å². The first-order valence-corrected chi connectivity index (χ1v) is 14.2. The zero-order chi connectivity index (χ0) is 30.1. The van der Waals surface area contributed by atoms with Gasteiger partial charge in [-0.2, -0.15) is 13.2 Å². The predicted molar refractivity (Wildman–Crippen MR) is 148 cm³/mol. The molecule has 0 spiro atoms. The zero-order valence-electron chi connectivity index (χ0n) is 21.9. The summed E-state index contributed by atoms with van der Waals surface area (Å²) in [5.41, 5.74) is 1.86. The largest absolute Gasteiger partial charge is 0.481 e. The second kappa shape index (κ2) is 11.3. The molecule has 1 aliphatic rings. The van der Waals surface area contributed by atoms with E-state index in [1.165, 1.54) is 42.6 Å². The summed E-state index contributed by atoms with van der Waals surface area (Å²) < 4.78 is 68.3. The van der Waals surface area contributed by atoms with Crippen LogP contribution in [0.4, 0.5) is 18.9 Å². The Bertz CT molecular complexity index is 1740. The van der Waals surface area contributed by atoms with Gasteiger partial charge in [0.05, 0.1) is 28.3 Å². The van der Waals surface area contributed by atoms with E-state index >= 15 is 0 Å². The fraction of sp³-hybridized carbons (Fsp3) is 0.167. The van der Waals surface area contributed by atoms with E-state index < -0.39 is 39.7 Å². The number of hydrogen-bond acceptors (Lipinski definition) is 5. The second-order valence-corrected chi connectivity index (χ2v) is 11.5. The molecule has 0 bridgehead atoms. The number of nitrogens with one attached hydrogen (secondary N) is 1. The van der Waals surface area contributed by atoms with Crippen LogP contribution < -0.4 is 9.62 Å². The van der Waals surface area contributed by atoms with Gasteiger partial charge in [-0.15, -0.1) is 0 Å². The molecule has 4 aromatic rings. The van der Waals surface area contributed by atoms with E-state index in [0.717, 1.165) is 16.4 Å². The smallest absolute Gasteiger partial charge is 0.416 e. The maximum Gasteiger partial charge on any atom is 0.416 e. The average molecular weight is 596 g/mol. The quantitative estimate of drug-likeness (QED) is 0.302. The molecule has 5 rings (SSSR count). The van der Waals surface area contributed by atoms with Crippen molar-refractivity contribution in [3.8, 4) is 11.1 Å². The molecule has 216 valence electrons. The Morgan fingerprint density at radius 3 is 2.36 bits per heavy atom. The molecule has 0 fully saturated rings. The first-order valence-electron chi connectivity index (χ1n) is 12.8. The van der Waals surface area contributed by atoms with E-state index in [9.17, 15) is 31.2 Å². The van der Waals surface area contributed by atoms with Gasteiger partial charge < -0.3 is 10.4 Å². The molecular weight excluding hydrogens is 571 g/mol. The highest BCUT2D eigenvalue weighted by molar-refractivity contribution is 7.93. The minimum Gasteiger partial charge on any atom is -0.481 e. The van der Waals surface area contributed by atoms with Gasteiger partial charge in [0.15, 0.2) is 0 Å². The third-order valence-corrected chi connectivity index (χ3v) is 8.68. The minimum atomic E-state index is -4.52. The van der Waals surface area contributed by atoms with Crippen molar-refractivity contribution in [2.75, 3.05) is 4.31 Å². The number of amides is 1. The van der Waals surface area contributed by atoms with Crippen molar-refractivity contribution in [1.29, 1.82) is 0 Å². The molecule has 0 radical (unpaired) electrons. The number of carbonyl (C=O) groups excluding carboxylic acids is 1. The van der Waals surface area contributed by atoms with Crippen LogP contribution >= 0.6 is 0 Å². The maximum absolute atomic E-state index is 13.9. The number of carboxylic acid groups (broad SMARTS) is 1.